The SMILES string of the molecule is C=C=CC(O)c1ccccc1. The summed E-state index contributed by atoms with van der Waals surface area (Å²) in [4.78, 5) is 0. The van der Waals surface area contributed by atoms with Crippen LogP contribution in [0.1, 0.15) is 11.7 Å². The van der Waals surface area contributed by atoms with Crippen LogP contribution in [0.4, 0.5) is 0 Å². The average molecular weight is 146 g/mol. The highest BCUT2D eigenvalue weighted by Gasteiger charge is 1.99. The molecule has 56 valence electrons. The van der Waals surface area contributed by atoms with Crippen molar-refractivity contribution < 1.29 is 5.11 Å². The maximum absolute atomic E-state index is 9.36. The highest BCUT2D eigenvalue weighted by molar-refractivity contribution is 5.20. The summed E-state index contributed by atoms with van der Waals surface area (Å²) in [5, 5.41) is 9.36. The molecule has 0 aliphatic carbocycles. The van der Waals surface area contributed by atoms with Crippen molar-refractivity contribution in [3.63, 3.8) is 0 Å². The Morgan fingerprint density at radius 3 is 2.55 bits per heavy atom. The fourth-order valence-electron chi connectivity index (χ4n) is 0.858. The second kappa shape index (κ2) is 3.77. The van der Waals surface area contributed by atoms with Gasteiger partial charge < -0.3 is 5.11 Å². The van der Waals surface area contributed by atoms with Crippen molar-refractivity contribution in [1.29, 1.82) is 0 Å². The molecule has 0 aliphatic rings. The van der Waals surface area contributed by atoms with Gasteiger partial charge >= 0.3 is 0 Å². The molecule has 1 N–H and O–H groups in total. The first-order valence-electron chi connectivity index (χ1n) is 3.43. The van der Waals surface area contributed by atoms with Crippen LogP contribution in [0.25, 0.3) is 0 Å². The zero-order valence-electron chi connectivity index (χ0n) is 6.20. The van der Waals surface area contributed by atoms with E-state index in [0.717, 1.165) is 5.56 Å². The standard InChI is InChI=1S/C10H10O/c1-2-6-10(11)9-7-4-3-5-8-9/h3-8,10-11H,1H2. The number of benzene rings is 1. The summed E-state index contributed by atoms with van der Waals surface area (Å²) < 4.78 is 0. The van der Waals surface area contributed by atoms with Gasteiger partial charge in [-0.05, 0) is 11.6 Å². The topological polar surface area (TPSA) is 20.2 Å². The first-order valence-corrected chi connectivity index (χ1v) is 3.43. The Kier molecular flexibility index (Phi) is 2.67. The van der Waals surface area contributed by atoms with E-state index in [0.29, 0.717) is 0 Å². The molecule has 0 aromatic heterocycles. The summed E-state index contributed by atoms with van der Waals surface area (Å²) in [6, 6.07) is 9.40. The third-order valence-electron chi connectivity index (χ3n) is 1.42. The van der Waals surface area contributed by atoms with Crippen molar-refractivity contribution in [1.82, 2.24) is 0 Å². The van der Waals surface area contributed by atoms with Crippen molar-refractivity contribution in [2.45, 2.75) is 6.10 Å². The van der Waals surface area contributed by atoms with Crippen LogP contribution in [0.2, 0.25) is 0 Å². The fraction of sp³-hybridized carbons (Fsp3) is 0.100. The largest absolute Gasteiger partial charge is 0.384 e. The molecule has 1 nitrogen and oxygen atoms in total. The molecule has 0 aliphatic heterocycles. The first kappa shape index (κ1) is 7.80. The highest BCUT2D eigenvalue weighted by atomic mass is 16.3. The van der Waals surface area contributed by atoms with E-state index in [1.807, 2.05) is 30.3 Å². The summed E-state index contributed by atoms with van der Waals surface area (Å²) in [7, 11) is 0. The Morgan fingerprint density at radius 2 is 2.00 bits per heavy atom. The van der Waals surface area contributed by atoms with E-state index < -0.39 is 6.10 Å². The lowest BCUT2D eigenvalue weighted by atomic mass is 10.1. The monoisotopic (exact) mass is 146 g/mol. The molecule has 1 rings (SSSR count). The molecule has 0 saturated heterocycles. The van der Waals surface area contributed by atoms with Crippen molar-refractivity contribution >= 4 is 0 Å². The summed E-state index contributed by atoms with van der Waals surface area (Å²) in [5.74, 6) is 0. The molecule has 0 spiro atoms. The minimum atomic E-state index is -0.575. The van der Waals surface area contributed by atoms with Gasteiger partial charge in [0.15, 0.2) is 0 Å². The lowest BCUT2D eigenvalue weighted by Gasteiger charge is -2.02. The third-order valence-corrected chi connectivity index (χ3v) is 1.42. The van der Waals surface area contributed by atoms with Gasteiger partial charge in [-0.2, -0.15) is 0 Å². The van der Waals surface area contributed by atoms with Crippen LogP contribution in [0.3, 0.4) is 0 Å². The Balaban J connectivity index is 2.84. The maximum Gasteiger partial charge on any atom is 0.104 e. The molecule has 0 saturated carbocycles. The van der Waals surface area contributed by atoms with E-state index in [1.165, 1.54) is 6.08 Å². The van der Waals surface area contributed by atoms with Crippen molar-refractivity contribution in [3.8, 4) is 0 Å². The minimum Gasteiger partial charge on any atom is -0.384 e. The van der Waals surface area contributed by atoms with Gasteiger partial charge in [0.05, 0.1) is 0 Å². The summed E-state index contributed by atoms with van der Waals surface area (Å²) in [6.45, 7) is 3.39. The van der Waals surface area contributed by atoms with Crippen LogP contribution in [-0.2, 0) is 0 Å². The van der Waals surface area contributed by atoms with Gasteiger partial charge in [-0.1, -0.05) is 36.9 Å². The molecular weight excluding hydrogens is 136 g/mol. The number of rotatable bonds is 2. The summed E-state index contributed by atoms with van der Waals surface area (Å²) >= 11 is 0. The second-order valence-corrected chi connectivity index (χ2v) is 2.23. The molecule has 0 radical (unpaired) electrons. The molecule has 1 aromatic carbocycles. The van der Waals surface area contributed by atoms with E-state index in [9.17, 15) is 5.11 Å². The van der Waals surface area contributed by atoms with Gasteiger partial charge in [0, 0.05) is 0 Å². The Bertz CT molecular complexity index is 257. The van der Waals surface area contributed by atoms with Crippen molar-refractivity contribution in [3.05, 3.63) is 54.3 Å². The van der Waals surface area contributed by atoms with E-state index in [2.05, 4.69) is 12.3 Å². The quantitative estimate of drug-likeness (QED) is 0.633. The van der Waals surface area contributed by atoms with Gasteiger partial charge in [0.2, 0.25) is 0 Å². The van der Waals surface area contributed by atoms with Crippen molar-refractivity contribution in [2.75, 3.05) is 0 Å². The van der Waals surface area contributed by atoms with Crippen LogP contribution < -0.4 is 0 Å². The fourth-order valence-corrected chi connectivity index (χ4v) is 0.858. The summed E-state index contributed by atoms with van der Waals surface area (Å²) in [5.41, 5.74) is 3.41. The van der Waals surface area contributed by atoms with Gasteiger partial charge in [-0.25, -0.2) is 0 Å². The maximum atomic E-state index is 9.36. The molecule has 1 aromatic rings. The van der Waals surface area contributed by atoms with Gasteiger partial charge in [-0.15, -0.1) is 5.73 Å². The molecule has 11 heavy (non-hydrogen) atoms. The Labute approximate surface area is 66.3 Å². The lowest BCUT2D eigenvalue weighted by Crippen LogP contribution is -1.90. The van der Waals surface area contributed by atoms with Crippen LogP contribution in [0.5, 0.6) is 0 Å². The minimum absolute atomic E-state index is 0.575. The third kappa shape index (κ3) is 2.08. The number of hydrogen-bond donors (Lipinski definition) is 1. The molecular formula is C10H10O. The van der Waals surface area contributed by atoms with E-state index in [1.54, 1.807) is 0 Å². The van der Waals surface area contributed by atoms with Crippen LogP contribution in [0, 0.1) is 0 Å². The molecule has 1 heteroatoms. The number of hydrogen-bond acceptors (Lipinski definition) is 1. The van der Waals surface area contributed by atoms with E-state index >= 15 is 0 Å². The number of aliphatic hydroxyl groups excluding tert-OH is 1. The van der Waals surface area contributed by atoms with Gasteiger partial charge in [-0.3, -0.25) is 0 Å². The zero-order valence-corrected chi connectivity index (χ0v) is 6.20. The predicted octanol–water partition coefficient (Wildman–Crippen LogP) is 2.06. The normalized spacial score (nSPS) is 11.7. The van der Waals surface area contributed by atoms with E-state index in [4.69, 9.17) is 0 Å². The van der Waals surface area contributed by atoms with E-state index in [-0.39, 0.29) is 0 Å². The van der Waals surface area contributed by atoms with Gasteiger partial charge in [0.1, 0.15) is 6.10 Å². The molecule has 0 amide bonds. The van der Waals surface area contributed by atoms with Crippen LogP contribution >= 0.6 is 0 Å². The smallest absolute Gasteiger partial charge is 0.104 e. The molecule has 0 fully saturated rings. The number of aliphatic hydroxyl groups is 1. The molecule has 1 atom stereocenters. The van der Waals surface area contributed by atoms with Gasteiger partial charge in [0.25, 0.3) is 0 Å². The predicted molar refractivity (Wildman–Crippen MR) is 45.1 cm³/mol. The highest BCUT2D eigenvalue weighted by Crippen LogP contribution is 2.11. The molecule has 0 bridgehead atoms. The Hall–Kier alpha value is -1.30. The lowest BCUT2D eigenvalue weighted by molar-refractivity contribution is 0.229. The first-order chi connectivity index (χ1) is 5.34. The zero-order chi connectivity index (χ0) is 8.10. The summed E-state index contributed by atoms with van der Waals surface area (Å²) in [6.07, 6.45) is 0.948. The average Bonchev–Trinajstić information content (AvgIpc) is 2.07. The Morgan fingerprint density at radius 1 is 1.36 bits per heavy atom. The van der Waals surface area contributed by atoms with Crippen LogP contribution in [-0.4, -0.2) is 5.11 Å². The second-order valence-electron chi connectivity index (χ2n) is 2.23. The van der Waals surface area contributed by atoms with Crippen molar-refractivity contribution in [2.24, 2.45) is 0 Å². The molecule has 1 unspecified atom stereocenters. The van der Waals surface area contributed by atoms with Crippen LogP contribution in [0.15, 0.2) is 48.7 Å². The molecule has 0 heterocycles.